The summed E-state index contributed by atoms with van der Waals surface area (Å²) >= 11 is 0. The van der Waals surface area contributed by atoms with Crippen LogP contribution in [-0.4, -0.2) is 83.3 Å². The fourth-order valence-corrected chi connectivity index (χ4v) is 3.58. The highest BCUT2D eigenvalue weighted by Gasteiger charge is 2.52. The number of aromatic nitrogens is 2. The molecule has 1 aliphatic heterocycles. The number of esters is 4. The Labute approximate surface area is 203 Å². The molecule has 5 unspecified atom stereocenters. The Morgan fingerprint density at radius 3 is 2.14 bits per heavy atom. The Balaban J connectivity index is 2.09. The molecular weight excluding hydrogens is 486 g/mol. The van der Waals surface area contributed by atoms with Gasteiger partial charge in [0.15, 0.2) is 36.1 Å². The van der Waals surface area contributed by atoms with Gasteiger partial charge in [-0.1, -0.05) is 0 Å². The van der Waals surface area contributed by atoms with E-state index in [0.717, 1.165) is 34.0 Å². The lowest BCUT2D eigenvalue weighted by Gasteiger charge is -2.44. The van der Waals surface area contributed by atoms with E-state index in [9.17, 15) is 24.3 Å². The van der Waals surface area contributed by atoms with Crippen LogP contribution >= 0.6 is 0 Å². The quantitative estimate of drug-likeness (QED) is 0.365. The summed E-state index contributed by atoms with van der Waals surface area (Å²) in [6.07, 6.45) is -5.59. The smallest absolute Gasteiger partial charge is 0.321 e. The Kier molecular flexibility index (Phi) is 8.14. The summed E-state index contributed by atoms with van der Waals surface area (Å²) in [4.78, 5) is 55.3. The molecule has 0 radical (unpaired) electrons. The molecule has 2 aromatic rings. The summed E-state index contributed by atoms with van der Waals surface area (Å²) in [6, 6.07) is -0.134. The van der Waals surface area contributed by atoms with Crippen molar-refractivity contribution in [2.75, 3.05) is 19.0 Å². The minimum Gasteiger partial charge on any atom is -0.504 e. The van der Waals surface area contributed by atoms with Gasteiger partial charge >= 0.3 is 29.9 Å². The van der Waals surface area contributed by atoms with Gasteiger partial charge in [0, 0.05) is 27.7 Å². The number of carbonyl (C=O) groups excluding carboxylic acids is 4. The van der Waals surface area contributed by atoms with Crippen LogP contribution in [0, 0.1) is 0 Å². The summed E-state index contributed by atoms with van der Waals surface area (Å²) in [6.45, 7) is 4.09. The summed E-state index contributed by atoms with van der Waals surface area (Å²) in [5, 5.41) is 13.1. The van der Waals surface area contributed by atoms with Crippen molar-refractivity contribution >= 4 is 40.8 Å². The van der Waals surface area contributed by atoms with Crippen LogP contribution in [0.5, 0.6) is 11.8 Å². The maximum absolute atomic E-state index is 12.0. The van der Waals surface area contributed by atoms with Gasteiger partial charge in [-0.15, -0.1) is 0 Å². The zero-order chi connectivity index (χ0) is 26.6. The van der Waals surface area contributed by atoms with Crippen molar-refractivity contribution in [3.8, 4) is 11.8 Å². The molecule has 2 N–H and O–H groups in total. The second kappa shape index (κ2) is 11.1. The molecule has 0 aliphatic carbocycles. The lowest BCUT2D eigenvalue weighted by Crippen LogP contribution is -2.64. The molecule has 0 spiro atoms. The van der Waals surface area contributed by atoms with E-state index >= 15 is 0 Å². The van der Waals surface area contributed by atoms with Gasteiger partial charge in [-0.2, -0.15) is 9.97 Å². The van der Waals surface area contributed by atoms with E-state index in [4.69, 9.17) is 32.8 Å². The third-order valence-corrected chi connectivity index (χ3v) is 4.85. The number of methoxy groups -OCH3 is 1. The monoisotopic (exact) mass is 511 g/mol. The topological polar surface area (TPSA) is 195 Å². The van der Waals surface area contributed by atoms with E-state index in [1.165, 1.54) is 7.11 Å². The molecular formula is C21H25N3O12. The van der Waals surface area contributed by atoms with Crippen molar-refractivity contribution in [1.29, 1.82) is 0 Å². The predicted molar refractivity (Wildman–Crippen MR) is 116 cm³/mol. The number of nitrogens with one attached hydrogen (secondary N) is 1. The minimum atomic E-state index is -1.39. The van der Waals surface area contributed by atoms with Crippen molar-refractivity contribution in [2.45, 2.75) is 58.3 Å². The van der Waals surface area contributed by atoms with Gasteiger partial charge in [0.05, 0.1) is 7.11 Å². The van der Waals surface area contributed by atoms with Crippen LogP contribution < -0.4 is 10.1 Å². The molecule has 196 valence electrons. The van der Waals surface area contributed by atoms with Gasteiger partial charge in [0.2, 0.25) is 5.71 Å². The summed E-state index contributed by atoms with van der Waals surface area (Å²) < 4.78 is 37.4. The van der Waals surface area contributed by atoms with Gasteiger partial charge in [-0.25, -0.2) is 0 Å². The second-order valence-corrected chi connectivity index (χ2v) is 7.62. The first-order chi connectivity index (χ1) is 17.0. The third-order valence-electron chi connectivity index (χ3n) is 4.85. The molecule has 3 rings (SSSR count). The Bertz CT molecular complexity index is 1150. The lowest BCUT2D eigenvalue weighted by molar-refractivity contribution is -0.247. The van der Waals surface area contributed by atoms with E-state index in [1.807, 2.05) is 0 Å². The lowest BCUT2D eigenvalue weighted by atomic mass is 9.97. The van der Waals surface area contributed by atoms with Gasteiger partial charge in [0.25, 0.3) is 0 Å². The number of fused-ring (bicyclic) bond motifs is 1. The molecule has 1 saturated heterocycles. The van der Waals surface area contributed by atoms with Crippen LogP contribution in [0.3, 0.4) is 0 Å². The number of carbonyl (C=O) groups is 4. The zero-order valence-electron chi connectivity index (χ0n) is 20.0. The number of hydrogen-bond donors (Lipinski definition) is 2. The van der Waals surface area contributed by atoms with Crippen LogP contribution in [0.25, 0.3) is 11.1 Å². The third kappa shape index (κ3) is 6.10. The second-order valence-electron chi connectivity index (χ2n) is 7.62. The highest BCUT2D eigenvalue weighted by Crippen LogP contribution is 2.35. The summed E-state index contributed by atoms with van der Waals surface area (Å²) in [5.74, 6) is -3.33. The van der Waals surface area contributed by atoms with E-state index in [0.29, 0.717) is 0 Å². The van der Waals surface area contributed by atoms with Crippen LogP contribution in [0.4, 0.5) is 5.82 Å². The first-order valence-electron chi connectivity index (χ1n) is 10.6. The van der Waals surface area contributed by atoms with Crippen molar-refractivity contribution < 1.29 is 57.1 Å². The van der Waals surface area contributed by atoms with Crippen molar-refractivity contribution in [2.24, 2.45) is 0 Å². The molecule has 15 nitrogen and oxygen atoms in total. The molecule has 15 heteroatoms. The number of anilines is 1. The zero-order valence-corrected chi connectivity index (χ0v) is 20.0. The largest absolute Gasteiger partial charge is 0.504 e. The predicted octanol–water partition coefficient (Wildman–Crippen LogP) is 0.432. The van der Waals surface area contributed by atoms with Crippen molar-refractivity contribution in [3.63, 3.8) is 0 Å². The minimum absolute atomic E-state index is 0.0347. The Morgan fingerprint density at radius 1 is 0.944 bits per heavy atom. The molecule has 2 aromatic heterocycles. The number of nitrogens with zero attached hydrogens (tertiary/aromatic N) is 2. The van der Waals surface area contributed by atoms with E-state index in [1.54, 1.807) is 0 Å². The van der Waals surface area contributed by atoms with E-state index in [2.05, 4.69) is 15.3 Å². The number of aromatic hydroxyl groups is 1. The molecule has 36 heavy (non-hydrogen) atoms. The molecule has 0 amide bonds. The van der Waals surface area contributed by atoms with Crippen LogP contribution in [0.2, 0.25) is 0 Å². The van der Waals surface area contributed by atoms with Gasteiger partial charge < -0.3 is 43.3 Å². The fraction of sp³-hybridized carbons (Fsp3) is 0.524. The van der Waals surface area contributed by atoms with E-state index < -0.39 is 61.1 Å². The molecule has 0 aromatic carbocycles. The van der Waals surface area contributed by atoms with E-state index in [-0.39, 0.29) is 28.7 Å². The average molecular weight is 511 g/mol. The van der Waals surface area contributed by atoms with Crippen LogP contribution in [0.1, 0.15) is 27.7 Å². The van der Waals surface area contributed by atoms with Crippen LogP contribution in [-0.2, 0) is 42.9 Å². The Hall–Kier alpha value is -4.14. The summed E-state index contributed by atoms with van der Waals surface area (Å²) in [5.41, 5.74) is -0.0347. The molecule has 0 saturated carbocycles. The maximum Gasteiger partial charge on any atom is 0.321 e. The number of hydrogen-bond acceptors (Lipinski definition) is 15. The molecule has 0 bridgehead atoms. The molecule has 5 atom stereocenters. The maximum atomic E-state index is 12.0. The number of furan rings is 1. The fourth-order valence-electron chi connectivity index (χ4n) is 3.58. The highest BCUT2D eigenvalue weighted by atomic mass is 16.7. The van der Waals surface area contributed by atoms with Gasteiger partial charge in [-0.05, 0) is 0 Å². The summed E-state index contributed by atoms with van der Waals surface area (Å²) in [7, 11) is 1.31. The first kappa shape index (κ1) is 26.5. The van der Waals surface area contributed by atoms with Crippen molar-refractivity contribution in [3.05, 3.63) is 6.26 Å². The molecule has 1 fully saturated rings. The van der Waals surface area contributed by atoms with Crippen molar-refractivity contribution in [1.82, 2.24) is 9.97 Å². The Morgan fingerprint density at radius 2 is 1.56 bits per heavy atom. The highest BCUT2D eigenvalue weighted by molar-refractivity contribution is 5.91. The molecule has 1 aliphatic rings. The van der Waals surface area contributed by atoms with Gasteiger partial charge in [0.1, 0.15) is 24.4 Å². The average Bonchev–Trinajstić information content (AvgIpc) is 3.16. The standard InChI is InChI=1S/C21H25N3O12/c1-8(25)31-7-13-15(33-9(2)26)16(34-10(3)27)17(35-11(4)28)20(36-13)22-18-14-12(29)6-32-19(14)24-21(23-18)30-5/h6,13,15-17,20,29H,7H2,1-5H3,(H,22,23,24). The van der Waals surface area contributed by atoms with Crippen LogP contribution in [0.15, 0.2) is 10.7 Å². The first-order valence-corrected chi connectivity index (χ1v) is 10.6. The molecule has 3 heterocycles. The normalized spacial score (nSPS) is 23.4. The number of ether oxygens (including phenoxy) is 6. The number of rotatable bonds is 8. The van der Waals surface area contributed by atoms with Gasteiger partial charge in [-0.3, -0.25) is 19.2 Å². The SMILES string of the molecule is COc1nc(NC2OC(COC(C)=O)C(OC(C)=O)C(OC(C)=O)C2OC(C)=O)c2c(O)coc2n1.